The second-order valence-electron chi connectivity index (χ2n) is 5.99. The third kappa shape index (κ3) is 5.01. The summed E-state index contributed by atoms with van der Waals surface area (Å²) in [6, 6.07) is 3.53. The zero-order valence-corrected chi connectivity index (χ0v) is 15.1. The van der Waals surface area contributed by atoms with E-state index in [4.69, 9.17) is 5.14 Å². The molecule has 1 aromatic carbocycles. The molecular formula is C13H21N4O5PS. The maximum atomic E-state index is 11.9. The summed E-state index contributed by atoms with van der Waals surface area (Å²) in [7, 11) is -5.97. The smallest absolute Gasteiger partial charge is 0.293 e. The van der Waals surface area contributed by atoms with Crippen molar-refractivity contribution in [2.45, 2.75) is 4.90 Å². The van der Waals surface area contributed by atoms with Gasteiger partial charge in [-0.3, -0.25) is 10.1 Å². The Balaban J connectivity index is 2.00. The fraction of sp³-hybridized carbons (Fsp3) is 0.538. The molecule has 24 heavy (non-hydrogen) atoms. The molecule has 0 saturated carbocycles. The fourth-order valence-electron chi connectivity index (χ4n) is 2.49. The first-order valence-corrected chi connectivity index (χ1v) is 11.5. The lowest BCUT2D eigenvalue weighted by molar-refractivity contribution is -0.384. The molecule has 0 atom stereocenters. The van der Waals surface area contributed by atoms with Crippen LogP contribution in [0.2, 0.25) is 0 Å². The van der Waals surface area contributed by atoms with E-state index in [9.17, 15) is 23.1 Å². The van der Waals surface area contributed by atoms with Crippen LogP contribution >= 0.6 is 7.14 Å². The molecule has 1 fully saturated rings. The molecule has 1 aromatic rings. The van der Waals surface area contributed by atoms with Crippen LogP contribution in [0.1, 0.15) is 0 Å². The lowest BCUT2D eigenvalue weighted by atomic mass is 10.2. The van der Waals surface area contributed by atoms with Crippen LogP contribution in [0.15, 0.2) is 23.1 Å². The highest BCUT2D eigenvalue weighted by Gasteiger charge is 2.24. The number of hydrogen-bond donors (Lipinski definition) is 2. The molecule has 0 radical (unpaired) electrons. The highest BCUT2D eigenvalue weighted by atomic mass is 32.2. The summed E-state index contributed by atoms with van der Waals surface area (Å²) in [6.07, 6.45) is 1.38. The molecule has 1 aliphatic heterocycles. The third-order valence-corrected chi connectivity index (χ3v) is 7.22. The topological polar surface area (TPSA) is 136 Å². The molecule has 0 spiro atoms. The monoisotopic (exact) mass is 376 g/mol. The predicted octanol–water partition coefficient (Wildman–Crippen LogP) is 0.963. The number of hydrogen-bond acceptors (Lipinski definition) is 7. The Morgan fingerprint density at radius 3 is 2.54 bits per heavy atom. The molecule has 1 saturated heterocycles. The Morgan fingerprint density at radius 2 is 2.00 bits per heavy atom. The second kappa shape index (κ2) is 7.18. The van der Waals surface area contributed by atoms with Gasteiger partial charge in [-0.2, -0.15) is 0 Å². The molecule has 134 valence electrons. The summed E-state index contributed by atoms with van der Waals surface area (Å²) in [4.78, 5) is 12.3. The maximum absolute atomic E-state index is 11.9. The standard InChI is InChI=1S/C13H21N4O5PS/c1-23(20)8-6-16(7-9-23)5-4-15-12-3-2-11(24(14,21)22)10-13(12)17(18)19/h2-3,10,15H,4-9H2,1H3,(H2,14,21,22). The number of anilines is 1. The normalized spacial score (nSPS) is 18.2. The van der Waals surface area contributed by atoms with E-state index < -0.39 is 22.1 Å². The van der Waals surface area contributed by atoms with Gasteiger partial charge in [0.25, 0.3) is 5.69 Å². The van der Waals surface area contributed by atoms with E-state index in [0.717, 1.165) is 19.2 Å². The summed E-state index contributed by atoms with van der Waals surface area (Å²) in [5.41, 5.74) is -0.0937. The lowest BCUT2D eigenvalue weighted by Gasteiger charge is -2.30. The molecular weight excluding hydrogens is 355 g/mol. The van der Waals surface area contributed by atoms with Crippen molar-refractivity contribution in [1.82, 2.24) is 4.90 Å². The Hall–Kier alpha value is -1.48. The fourth-order valence-corrected chi connectivity index (χ4v) is 4.66. The van der Waals surface area contributed by atoms with Crippen LogP contribution in [0.4, 0.5) is 11.4 Å². The van der Waals surface area contributed by atoms with Gasteiger partial charge in [0.1, 0.15) is 5.69 Å². The third-order valence-electron chi connectivity index (χ3n) is 4.02. The van der Waals surface area contributed by atoms with Crippen LogP contribution in [-0.4, -0.2) is 63.4 Å². The van der Waals surface area contributed by atoms with Crippen LogP contribution in [-0.2, 0) is 14.6 Å². The zero-order chi connectivity index (χ0) is 18.0. The minimum absolute atomic E-state index is 0.241. The van der Waals surface area contributed by atoms with Crippen molar-refractivity contribution in [2.24, 2.45) is 5.14 Å². The first kappa shape index (κ1) is 18.9. The second-order valence-corrected chi connectivity index (χ2v) is 11.0. The first-order valence-electron chi connectivity index (χ1n) is 7.41. The van der Waals surface area contributed by atoms with E-state index in [-0.39, 0.29) is 16.3 Å². The zero-order valence-electron chi connectivity index (χ0n) is 13.3. The van der Waals surface area contributed by atoms with Crippen LogP contribution in [0.25, 0.3) is 0 Å². The number of primary sulfonamides is 1. The number of nitrogens with one attached hydrogen (secondary N) is 1. The molecule has 0 amide bonds. The number of benzene rings is 1. The van der Waals surface area contributed by atoms with Gasteiger partial charge in [0.05, 0.1) is 17.0 Å². The lowest BCUT2D eigenvalue weighted by Crippen LogP contribution is -2.37. The van der Waals surface area contributed by atoms with Gasteiger partial charge >= 0.3 is 0 Å². The minimum Gasteiger partial charge on any atom is -0.378 e. The van der Waals surface area contributed by atoms with Crippen molar-refractivity contribution in [3.63, 3.8) is 0 Å². The van der Waals surface area contributed by atoms with E-state index in [1.54, 1.807) is 0 Å². The van der Waals surface area contributed by atoms with Gasteiger partial charge in [-0.15, -0.1) is 0 Å². The van der Waals surface area contributed by atoms with Gasteiger partial charge in [-0.25, -0.2) is 13.6 Å². The molecule has 0 aromatic heterocycles. The summed E-state index contributed by atoms with van der Waals surface area (Å²) in [5.74, 6) is 0. The quantitative estimate of drug-likeness (QED) is 0.429. The van der Waals surface area contributed by atoms with Crippen LogP contribution in [0.5, 0.6) is 0 Å². The number of rotatable bonds is 6. The van der Waals surface area contributed by atoms with Gasteiger partial charge < -0.3 is 14.8 Å². The van der Waals surface area contributed by atoms with E-state index in [1.165, 1.54) is 12.1 Å². The van der Waals surface area contributed by atoms with Crippen LogP contribution in [0.3, 0.4) is 0 Å². The van der Waals surface area contributed by atoms with Gasteiger partial charge in [-0.1, -0.05) is 0 Å². The Morgan fingerprint density at radius 1 is 1.38 bits per heavy atom. The average Bonchev–Trinajstić information content (AvgIpc) is 2.48. The SMILES string of the molecule is CP1(=O)CCN(CCNc2ccc(S(N)(=O)=O)cc2[N+](=O)[O-])CC1. The Labute approximate surface area is 140 Å². The van der Waals surface area contributed by atoms with E-state index in [2.05, 4.69) is 10.2 Å². The Bertz CT molecular complexity index is 771. The van der Waals surface area contributed by atoms with E-state index in [1.807, 2.05) is 6.66 Å². The number of nitro groups is 1. The molecule has 0 bridgehead atoms. The highest BCUT2D eigenvalue weighted by Crippen LogP contribution is 2.42. The molecule has 3 N–H and O–H groups in total. The predicted molar refractivity (Wildman–Crippen MR) is 92.7 cm³/mol. The molecule has 9 nitrogen and oxygen atoms in total. The summed E-state index contributed by atoms with van der Waals surface area (Å²) < 4.78 is 34.5. The minimum atomic E-state index is -3.99. The highest BCUT2D eigenvalue weighted by molar-refractivity contribution is 7.89. The van der Waals surface area contributed by atoms with Crippen LogP contribution < -0.4 is 10.5 Å². The molecule has 2 rings (SSSR count). The number of nitro benzene ring substituents is 1. The molecule has 1 heterocycles. The van der Waals surface area contributed by atoms with Gasteiger partial charge in [0.15, 0.2) is 0 Å². The van der Waals surface area contributed by atoms with Crippen molar-refractivity contribution in [1.29, 1.82) is 0 Å². The van der Waals surface area contributed by atoms with Gasteiger partial charge in [-0.05, 0) is 18.8 Å². The van der Waals surface area contributed by atoms with E-state index >= 15 is 0 Å². The first-order chi connectivity index (χ1) is 11.1. The largest absolute Gasteiger partial charge is 0.378 e. The van der Waals surface area contributed by atoms with Crippen molar-refractivity contribution in [2.75, 3.05) is 50.5 Å². The number of nitrogens with two attached hydrogens (primary N) is 1. The molecule has 1 aliphatic rings. The molecule has 0 aliphatic carbocycles. The van der Waals surface area contributed by atoms with Crippen molar-refractivity contribution in [3.8, 4) is 0 Å². The molecule has 0 unspecified atom stereocenters. The van der Waals surface area contributed by atoms with Gasteiger partial charge in [0, 0.05) is 44.6 Å². The summed E-state index contributed by atoms with van der Waals surface area (Å²) in [5, 5.41) is 19.1. The molecule has 11 heteroatoms. The number of sulfonamides is 1. The van der Waals surface area contributed by atoms with Crippen LogP contribution in [0, 0.1) is 10.1 Å². The summed E-state index contributed by atoms with van der Waals surface area (Å²) >= 11 is 0. The number of nitrogens with zero attached hydrogens (tertiary/aromatic N) is 2. The Kier molecular flexibility index (Phi) is 5.64. The van der Waals surface area contributed by atoms with Crippen molar-refractivity contribution < 1.29 is 17.9 Å². The van der Waals surface area contributed by atoms with Crippen molar-refractivity contribution >= 4 is 28.5 Å². The summed E-state index contributed by atoms with van der Waals surface area (Å²) in [6.45, 7) is 4.44. The van der Waals surface area contributed by atoms with E-state index in [0.29, 0.717) is 25.4 Å². The van der Waals surface area contributed by atoms with Crippen molar-refractivity contribution in [3.05, 3.63) is 28.3 Å². The average molecular weight is 376 g/mol. The van der Waals surface area contributed by atoms with Gasteiger partial charge in [0.2, 0.25) is 10.0 Å². The maximum Gasteiger partial charge on any atom is 0.293 e.